The Hall–Kier alpha value is -2.62. The summed E-state index contributed by atoms with van der Waals surface area (Å²) in [6, 6.07) is 17.6. The maximum atomic E-state index is 13.0. The van der Waals surface area contributed by atoms with Crippen molar-refractivity contribution in [1.82, 2.24) is 5.32 Å². The van der Waals surface area contributed by atoms with Gasteiger partial charge in [0, 0.05) is 12.3 Å². The van der Waals surface area contributed by atoms with Crippen molar-refractivity contribution in [2.24, 2.45) is 5.92 Å². The number of nitrogens with one attached hydrogen (secondary N) is 1. The van der Waals surface area contributed by atoms with E-state index in [9.17, 15) is 9.59 Å². The van der Waals surface area contributed by atoms with Crippen molar-refractivity contribution in [2.75, 3.05) is 0 Å². The van der Waals surface area contributed by atoms with E-state index in [0.717, 1.165) is 11.1 Å². The van der Waals surface area contributed by atoms with Crippen LogP contribution in [0.1, 0.15) is 77.6 Å². The lowest BCUT2D eigenvalue weighted by atomic mass is 9.86. The standard InChI is InChI=1S/C27H37NO3/c1-19(23(29)18-15-20-13-16-22(17-14-20)26(2,3)4)24(21-11-9-8-10-12-21)28-25(30)31-27(5,6)7/h8-14,16-17,19,24H,15,18H2,1-7H3,(H,28,30)/t19-,24+/m0/s1. The lowest BCUT2D eigenvalue weighted by Gasteiger charge is -2.27. The van der Waals surface area contributed by atoms with E-state index in [1.807, 2.05) is 58.0 Å². The van der Waals surface area contributed by atoms with Crippen LogP contribution in [0.25, 0.3) is 0 Å². The van der Waals surface area contributed by atoms with Crippen LogP contribution in [0.4, 0.5) is 4.79 Å². The van der Waals surface area contributed by atoms with E-state index in [-0.39, 0.29) is 17.1 Å². The zero-order chi connectivity index (χ0) is 23.2. The van der Waals surface area contributed by atoms with Crippen LogP contribution in [-0.4, -0.2) is 17.5 Å². The number of carbonyl (C=O) groups is 2. The molecule has 0 unspecified atom stereocenters. The molecule has 0 aliphatic heterocycles. The average Bonchev–Trinajstić information content (AvgIpc) is 2.68. The van der Waals surface area contributed by atoms with Crippen molar-refractivity contribution in [3.05, 3.63) is 71.3 Å². The average molecular weight is 424 g/mol. The molecular formula is C27H37NO3. The Labute approximate surface area is 187 Å². The fraction of sp³-hybridized carbons (Fsp3) is 0.481. The third kappa shape index (κ3) is 7.86. The van der Waals surface area contributed by atoms with Gasteiger partial charge in [-0.1, -0.05) is 82.3 Å². The smallest absolute Gasteiger partial charge is 0.408 e. The molecule has 0 heterocycles. The van der Waals surface area contributed by atoms with E-state index in [4.69, 9.17) is 4.74 Å². The summed E-state index contributed by atoms with van der Waals surface area (Å²) >= 11 is 0. The van der Waals surface area contributed by atoms with Gasteiger partial charge in [-0.3, -0.25) is 4.79 Å². The Morgan fingerprint density at radius 1 is 0.903 bits per heavy atom. The van der Waals surface area contributed by atoms with E-state index in [0.29, 0.717) is 12.8 Å². The molecule has 2 atom stereocenters. The van der Waals surface area contributed by atoms with E-state index in [2.05, 4.69) is 50.4 Å². The molecule has 4 nitrogen and oxygen atoms in total. The second-order valence-electron chi connectivity index (χ2n) is 10.2. The number of hydrogen-bond donors (Lipinski definition) is 1. The molecule has 0 saturated heterocycles. The number of amides is 1. The zero-order valence-electron chi connectivity index (χ0n) is 20.0. The van der Waals surface area contributed by atoms with Crippen LogP contribution >= 0.6 is 0 Å². The quantitative estimate of drug-likeness (QED) is 0.561. The number of aryl methyl sites for hydroxylation is 1. The van der Waals surface area contributed by atoms with Gasteiger partial charge in [0.2, 0.25) is 0 Å². The third-order valence-electron chi connectivity index (χ3n) is 5.32. The summed E-state index contributed by atoms with van der Waals surface area (Å²) < 4.78 is 5.43. The normalized spacial score (nSPS) is 13.9. The van der Waals surface area contributed by atoms with Gasteiger partial charge in [-0.15, -0.1) is 0 Å². The van der Waals surface area contributed by atoms with Gasteiger partial charge >= 0.3 is 6.09 Å². The molecular weight excluding hydrogens is 386 g/mol. The van der Waals surface area contributed by atoms with Crippen LogP contribution < -0.4 is 5.32 Å². The molecule has 0 aliphatic rings. The first kappa shape index (κ1) is 24.6. The van der Waals surface area contributed by atoms with Gasteiger partial charge in [0.1, 0.15) is 11.4 Å². The maximum absolute atomic E-state index is 13.0. The summed E-state index contributed by atoms with van der Waals surface area (Å²) in [5.41, 5.74) is 2.83. The molecule has 0 radical (unpaired) electrons. The molecule has 0 saturated carbocycles. The van der Waals surface area contributed by atoms with Gasteiger partial charge in [0.05, 0.1) is 6.04 Å². The minimum absolute atomic E-state index is 0.110. The summed E-state index contributed by atoms with van der Waals surface area (Å²) in [5.74, 6) is -0.256. The number of ether oxygens (including phenoxy) is 1. The van der Waals surface area contributed by atoms with Crippen LogP contribution in [0.3, 0.4) is 0 Å². The summed E-state index contributed by atoms with van der Waals surface area (Å²) in [6.45, 7) is 13.9. The molecule has 1 N–H and O–H groups in total. The number of alkyl carbamates (subject to hydrolysis) is 1. The summed E-state index contributed by atoms with van der Waals surface area (Å²) in [6.07, 6.45) is 0.593. The first-order chi connectivity index (χ1) is 14.4. The molecule has 0 fully saturated rings. The third-order valence-corrected chi connectivity index (χ3v) is 5.32. The van der Waals surface area contributed by atoms with E-state index >= 15 is 0 Å². The van der Waals surface area contributed by atoms with Gasteiger partial charge in [0.25, 0.3) is 0 Å². The summed E-state index contributed by atoms with van der Waals surface area (Å²) in [4.78, 5) is 25.4. The Balaban J connectivity index is 2.08. The number of benzene rings is 2. The monoisotopic (exact) mass is 423 g/mol. The highest BCUT2D eigenvalue weighted by atomic mass is 16.6. The number of rotatable bonds is 7. The van der Waals surface area contributed by atoms with Crippen molar-refractivity contribution < 1.29 is 14.3 Å². The van der Waals surface area contributed by atoms with Crippen molar-refractivity contribution in [1.29, 1.82) is 0 Å². The molecule has 2 aromatic rings. The minimum Gasteiger partial charge on any atom is -0.444 e. The van der Waals surface area contributed by atoms with Crippen LogP contribution in [0.5, 0.6) is 0 Å². The van der Waals surface area contributed by atoms with Gasteiger partial charge < -0.3 is 10.1 Å². The predicted octanol–water partition coefficient (Wildman–Crippen LogP) is 6.39. The molecule has 2 aromatic carbocycles. The molecule has 0 spiro atoms. The molecule has 0 aromatic heterocycles. The number of hydrogen-bond acceptors (Lipinski definition) is 3. The Kier molecular flexibility index (Phi) is 8.05. The highest BCUT2D eigenvalue weighted by Gasteiger charge is 2.28. The highest BCUT2D eigenvalue weighted by Crippen LogP contribution is 2.26. The van der Waals surface area contributed by atoms with Crippen molar-refractivity contribution in [3.8, 4) is 0 Å². The van der Waals surface area contributed by atoms with Crippen LogP contribution in [0, 0.1) is 5.92 Å². The molecule has 1 amide bonds. The second kappa shape index (κ2) is 10.1. The number of carbonyl (C=O) groups excluding carboxylic acids is 2. The lowest BCUT2D eigenvalue weighted by Crippen LogP contribution is -2.39. The van der Waals surface area contributed by atoms with Crippen LogP contribution in [0.15, 0.2) is 54.6 Å². The summed E-state index contributed by atoms with van der Waals surface area (Å²) in [5, 5.41) is 2.91. The van der Waals surface area contributed by atoms with E-state index in [1.165, 1.54) is 5.56 Å². The van der Waals surface area contributed by atoms with E-state index < -0.39 is 17.7 Å². The fourth-order valence-electron chi connectivity index (χ4n) is 3.44. The zero-order valence-corrected chi connectivity index (χ0v) is 20.0. The molecule has 168 valence electrons. The predicted molar refractivity (Wildman–Crippen MR) is 126 cm³/mol. The molecule has 0 bridgehead atoms. The molecule has 2 rings (SSSR count). The largest absolute Gasteiger partial charge is 0.444 e. The Bertz CT molecular complexity index is 858. The second-order valence-corrected chi connectivity index (χ2v) is 10.2. The maximum Gasteiger partial charge on any atom is 0.408 e. The highest BCUT2D eigenvalue weighted by molar-refractivity contribution is 5.82. The van der Waals surface area contributed by atoms with E-state index in [1.54, 1.807) is 0 Å². The molecule has 4 heteroatoms. The first-order valence-electron chi connectivity index (χ1n) is 11.0. The van der Waals surface area contributed by atoms with Crippen LogP contribution in [0.2, 0.25) is 0 Å². The van der Waals surface area contributed by atoms with Crippen molar-refractivity contribution in [2.45, 2.75) is 78.4 Å². The topological polar surface area (TPSA) is 55.4 Å². The Morgan fingerprint density at radius 2 is 1.48 bits per heavy atom. The Morgan fingerprint density at radius 3 is 2.00 bits per heavy atom. The number of ketones is 1. The summed E-state index contributed by atoms with van der Waals surface area (Å²) in [7, 11) is 0. The van der Waals surface area contributed by atoms with Gasteiger partial charge in [-0.05, 0) is 49.3 Å². The van der Waals surface area contributed by atoms with Crippen molar-refractivity contribution in [3.63, 3.8) is 0 Å². The van der Waals surface area contributed by atoms with Gasteiger partial charge in [-0.2, -0.15) is 0 Å². The number of Topliss-reactive ketones (excluding diaryl/α,β-unsaturated/α-hetero) is 1. The van der Waals surface area contributed by atoms with Crippen molar-refractivity contribution >= 4 is 11.9 Å². The molecule has 0 aliphatic carbocycles. The molecule has 31 heavy (non-hydrogen) atoms. The van der Waals surface area contributed by atoms with Crippen LogP contribution in [-0.2, 0) is 21.4 Å². The van der Waals surface area contributed by atoms with Gasteiger partial charge in [-0.25, -0.2) is 4.79 Å². The lowest BCUT2D eigenvalue weighted by molar-refractivity contribution is -0.123. The van der Waals surface area contributed by atoms with Gasteiger partial charge in [0.15, 0.2) is 0 Å². The fourth-order valence-corrected chi connectivity index (χ4v) is 3.44. The first-order valence-corrected chi connectivity index (χ1v) is 11.0. The SMILES string of the molecule is C[C@@H](C(=O)CCc1ccc(C(C)(C)C)cc1)[C@@H](NC(=O)OC(C)(C)C)c1ccccc1. The minimum atomic E-state index is -0.599.